The van der Waals surface area contributed by atoms with E-state index < -0.39 is 0 Å². The summed E-state index contributed by atoms with van der Waals surface area (Å²) in [7, 11) is 0. The van der Waals surface area contributed by atoms with Crippen molar-refractivity contribution in [3.63, 3.8) is 0 Å². The van der Waals surface area contributed by atoms with Crippen molar-refractivity contribution in [1.82, 2.24) is 9.80 Å². The molecule has 2 heterocycles. The zero-order chi connectivity index (χ0) is 18.2. The maximum atomic E-state index is 12.5. The molecule has 2 amide bonds. The molecule has 0 N–H and O–H groups in total. The van der Waals surface area contributed by atoms with Gasteiger partial charge in [-0.1, -0.05) is 30.3 Å². The Hall–Kier alpha value is -1.84. The average Bonchev–Trinajstić information content (AvgIpc) is 3.22. The van der Waals surface area contributed by atoms with E-state index in [-0.39, 0.29) is 5.91 Å². The SMILES string of the molecule is O=C(CCC1CCCN(C(=O)CCCc2ccccc2)C1)N1CCCC1. The van der Waals surface area contributed by atoms with Gasteiger partial charge in [0.2, 0.25) is 11.8 Å². The molecule has 4 heteroatoms. The van der Waals surface area contributed by atoms with Crippen molar-refractivity contribution >= 4 is 11.8 Å². The highest BCUT2D eigenvalue weighted by molar-refractivity contribution is 5.77. The van der Waals surface area contributed by atoms with Crippen LogP contribution in [0.3, 0.4) is 0 Å². The zero-order valence-corrected chi connectivity index (χ0v) is 15.9. The van der Waals surface area contributed by atoms with Crippen molar-refractivity contribution in [1.29, 1.82) is 0 Å². The molecule has 1 unspecified atom stereocenters. The van der Waals surface area contributed by atoms with Crippen molar-refractivity contribution in [3.8, 4) is 0 Å². The number of amides is 2. The van der Waals surface area contributed by atoms with Gasteiger partial charge in [0.1, 0.15) is 0 Å². The standard InChI is InChI=1S/C22H32N2O2/c25-21(12-6-10-19-8-2-1-3-9-19)24-17-7-11-20(18-24)13-14-22(26)23-15-4-5-16-23/h1-3,8-9,20H,4-7,10-18H2. The summed E-state index contributed by atoms with van der Waals surface area (Å²) in [5.74, 6) is 1.10. The number of rotatable bonds is 7. The number of hydrogen-bond acceptors (Lipinski definition) is 2. The number of benzene rings is 1. The summed E-state index contributed by atoms with van der Waals surface area (Å²) in [6.45, 7) is 3.61. The van der Waals surface area contributed by atoms with Crippen molar-refractivity contribution in [2.45, 2.75) is 57.8 Å². The lowest BCUT2D eigenvalue weighted by Gasteiger charge is -2.33. The first-order valence-electron chi connectivity index (χ1n) is 10.3. The fourth-order valence-electron chi connectivity index (χ4n) is 4.23. The Morgan fingerprint density at radius 1 is 0.885 bits per heavy atom. The van der Waals surface area contributed by atoms with Crippen LogP contribution in [0.5, 0.6) is 0 Å². The van der Waals surface area contributed by atoms with Crippen LogP contribution < -0.4 is 0 Å². The number of hydrogen-bond donors (Lipinski definition) is 0. The van der Waals surface area contributed by atoms with Crippen LogP contribution >= 0.6 is 0 Å². The third kappa shape index (κ3) is 5.58. The Bertz CT molecular complexity index is 581. The van der Waals surface area contributed by atoms with Gasteiger partial charge < -0.3 is 9.80 Å². The van der Waals surface area contributed by atoms with E-state index in [9.17, 15) is 9.59 Å². The highest BCUT2D eigenvalue weighted by atomic mass is 16.2. The Morgan fingerprint density at radius 3 is 2.35 bits per heavy atom. The lowest BCUT2D eigenvalue weighted by Crippen LogP contribution is -2.40. The molecule has 1 aromatic carbocycles. The number of carbonyl (C=O) groups excluding carboxylic acids is 2. The average molecular weight is 357 g/mol. The highest BCUT2D eigenvalue weighted by Gasteiger charge is 2.25. The van der Waals surface area contributed by atoms with E-state index in [4.69, 9.17) is 0 Å². The van der Waals surface area contributed by atoms with Gasteiger partial charge in [0.15, 0.2) is 0 Å². The van der Waals surface area contributed by atoms with E-state index in [2.05, 4.69) is 24.3 Å². The third-order valence-electron chi connectivity index (χ3n) is 5.80. The molecule has 0 radical (unpaired) electrons. The molecule has 0 spiro atoms. The highest BCUT2D eigenvalue weighted by Crippen LogP contribution is 2.23. The predicted octanol–water partition coefficient (Wildman–Crippen LogP) is 3.65. The summed E-state index contributed by atoms with van der Waals surface area (Å²) < 4.78 is 0. The second-order valence-electron chi connectivity index (χ2n) is 7.81. The molecule has 3 rings (SSSR count). The van der Waals surface area contributed by atoms with Crippen LogP contribution in [0.1, 0.15) is 56.9 Å². The summed E-state index contributed by atoms with van der Waals surface area (Å²) in [5, 5.41) is 0. The first-order valence-corrected chi connectivity index (χ1v) is 10.3. The molecule has 142 valence electrons. The molecular weight excluding hydrogens is 324 g/mol. The molecular formula is C22H32N2O2. The lowest BCUT2D eigenvalue weighted by molar-refractivity contribution is -0.133. The van der Waals surface area contributed by atoms with Crippen LogP contribution in [-0.4, -0.2) is 47.8 Å². The van der Waals surface area contributed by atoms with E-state index in [1.807, 2.05) is 15.9 Å². The second kappa shape index (κ2) is 9.75. The maximum absolute atomic E-state index is 12.5. The summed E-state index contributed by atoms with van der Waals surface area (Å²) in [6.07, 6.45) is 8.64. The number of nitrogens with zero attached hydrogens (tertiary/aromatic N) is 2. The Kier molecular flexibility index (Phi) is 7.10. The van der Waals surface area contributed by atoms with Crippen molar-refractivity contribution in [3.05, 3.63) is 35.9 Å². The van der Waals surface area contributed by atoms with Gasteiger partial charge in [-0.2, -0.15) is 0 Å². The first kappa shape index (κ1) is 18.9. The van der Waals surface area contributed by atoms with Crippen LogP contribution in [0.2, 0.25) is 0 Å². The van der Waals surface area contributed by atoms with Crippen molar-refractivity contribution in [2.75, 3.05) is 26.2 Å². The van der Waals surface area contributed by atoms with Gasteiger partial charge in [0.25, 0.3) is 0 Å². The van der Waals surface area contributed by atoms with Gasteiger partial charge in [0.05, 0.1) is 0 Å². The molecule has 2 fully saturated rings. The molecule has 0 aliphatic carbocycles. The van der Waals surface area contributed by atoms with Crippen LogP contribution in [0.15, 0.2) is 30.3 Å². The summed E-state index contributed by atoms with van der Waals surface area (Å²) in [5.41, 5.74) is 1.30. The third-order valence-corrected chi connectivity index (χ3v) is 5.80. The molecule has 2 aliphatic heterocycles. The van der Waals surface area contributed by atoms with Gasteiger partial charge in [-0.05, 0) is 56.4 Å². The predicted molar refractivity (Wildman–Crippen MR) is 104 cm³/mol. The van der Waals surface area contributed by atoms with Crippen LogP contribution in [0, 0.1) is 5.92 Å². The largest absolute Gasteiger partial charge is 0.343 e. The summed E-state index contributed by atoms with van der Waals surface area (Å²) >= 11 is 0. The monoisotopic (exact) mass is 356 g/mol. The molecule has 2 saturated heterocycles. The minimum atomic E-state index is 0.288. The van der Waals surface area contributed by atoms with E-state index in [1.165, 1.54) is 5.56 Å². The molecule has 0 bridgehead atoms. The molecule has 4 nitrogen and oxygen atoms in total. The zero-order valence-electron chi connectivity index (χ0n) is 15.9. The van der Waals surface area contributed by atoms with Crippen LogP contribution in [0.25, 0.3) is 0 Å². The smallest absolute Gasteiger partial charge is 0.222 e. The minimum absolute atomic E-state index is 0.288. The normalized spacial score (nSPS) is 20.4. The van der Waals surface area contributed by atoms with Gasteiger partial charge in [-0.15, -0.1) is 0 Å². The summed E-state index contributed by atoms with van der Waals surface area (Å²) in [4.78, 5) is 28.8. The molecule has 26 heavy (non-hydrogen) atoms. The van der Waals surface area contributed by atoms with E-state index in [0.717, 1.165) is 71.1 Å². The fourth-order valence-corrected chi connectivity index (χ4v) is 4.23. The van der Waals surface area contributed by atoms with Crippen LogP contribution in [-0.2, 0) is 16.0 Å². The lowest BCUT2D eigenvalue weighted by atomic mass is 9.92. The van der Waals surface area contributed by atoms with Gasteiger partial charge >= 0.3 is 0 Å². The quantitative estimate of drug-likeness (QED) is 0.748. The van der Waals surface area contributed by atoms with Crippen molar-refractivity contribution < 1.29 is 9.59 Å². The number of aryl methyl sites for hydroxylation is 1. The van der Waals surface area contributed by atoms with E-state index in [0.29, 0.717) is 24.7 Å². The Labute approximate surface area is 157 Å². The molecule has 1 atom stereocenters. The van der Waals surface area contributed by atoms with Gasteiger partial charge in [0, 0.05) is 39.0 Å². The van der Waals surface area contributed by atoms with Crippen LogP contribution in [0.4, 0.5) is 0 Å². The Morgan fingerprint density at radius 2 is 1.58 bits per heavy atom. The first-order chi connectivity index (χ1) is 12.7. The number of piperidine rings is 1. The Balaban J connectivity index is 1.36. The van der Waals surface area contributed by atoms with E-state index >= 15 is 0 Å². The molecule has 2 aliphatic rings. The van der Waals surface area contributed by atoms with Gasteiger partial charge in [-0.3, -0.25) is 9.59 Å². The van der Waals surface area contributed by atoms with Gasteiger partial charge in [-0.25, -0.2) is 0 Å². The maximum Gasteiger partial charge on any atom is 0.222 e. The minimum Gasteiger partial charge on any atom is -0.343 e. The molecule has 1 aromatic rings. The summed E-state index contributed by atoms with van der Waals surface area (Å²) in [6, 6.07) is 10.4. The molecule has 0 aromatic heterocycles. The van der Waals surface area contributed by atoms with Crippen molar-refractivity contribution in [2.24, 2.45) is 5.92 Å². The fraction of sp³-hybridized carbons (Fsp3) is 0.636. The topological polar surface area (TPSA) is 40.6 Å². The number of likely N-dealkylation sites (tertiary alicyclic amines) is 2. The second-order valence-corrected chi connectivity index (χ2v) is 7.81. The molecule has 0 saturated carbocycles. The number of carbonyl (C=O) groups is 2. The van der Waals surface area contributed by atoms with E-state index in [1.54, 1.807) is 0 Å².